The molecule has 6 heteroatoms. The van der Waals surface area contributed by atoms with Crippen molar-refractivity contribution in [3.63, 3.8) is 0 Å². The molecule has 0 atom stereocenters. The molecule has 0 spiro atoms. The molecule has 0 aliphatic carbocycles. The average molecular weight is 358 g/mol. The summed E-state index contributed by atoms with van der Waals surface area (Å²) in [6.45, 7) is 5.39. The van der Waals surface area contributed by atoms with E-state index >= 15 is 0 Å². The Hall–Kier alpha value is -2.37. The molecule has 0 saturated heterocycles. The van der Waals surface area contributed by atoms with Crippen molar-refractivity contribution < 1.29 is 9.59 Å². The highest BCUT2D eigenvalue weighted by Gasteiger charge is 2.15. The minimum absolute atomic E-state index is 0.102. The van der Waals surface area contributed by atoms with Crippen molar-refractivity contribution in [3.8, 4) is 0 Å². The normalized spacial score (nSPS) is 10.8. The van der Waals surface area contributed by atoms with Crippen LogP contribution in [0.1, 0.15) is 68.1 Å². The molecule has 2 heterocycles. The molecule has 2 amide bonds. The zero-order valence-corrected chi connectivity index (χ0v) is 15.9. The quantitative estimate of drug-likeness (QED) is 0.606. The molecule has 0 unspecified atom stereocenters. The lowest BCUT2D eigenvalue weighted by molar-refractivity contribution is -0.121. The average Bonchev–Trinajstić information content (AvgIpc) is 2.97. The number of unbranched alkanes of at least 4 members (excludes halogenated alkanes) is 4. The number of nitrogens with zero attached hydrogens (tertiary/aromatic N) is 2. The van der Waals surface area contributed by atoms with Crippen molar-refractivity contribution in [2.45, 2.75) is 58.8 Å². The summed E-state index contributed by atoms with van der Waals surface area (Å²) in [7, 11) is 0. The van der Waals surface area contributed by atoms with Crippen LogP contribution < -0.4 is 10.6 Å². The molecule has 2 N–H and O–H groups in total. The fourth-order valence-corrected chi connectivity index (χ4v) is 2.95. The predicted octanol–water partition coefficient (Wildman–Crippen LogP) is 3.24. The zero-order valence-electron chi connectivity index (χ0n) is 15.9. The predicted molar refractivity (Wildman–Crippen MR) is 103 cm³/mol. The number of hydrogen-bond donors (Lipinski definition) is 2. The smallest absolute Gasteiger partial charge is 0.270 e. The van der Waals surface area contributed by atoms with Crippen LogP contribution in [0.3, 0.4) is 0 Å². The maximum absolute atomic E-state index is 12.4. The summed E-state index contributed by atoms with van der Waals surface area (Å²) >= 11 is 0. The first-order valence-electron chi connectivity index (χ1n) is 9.62. The first-order chi connectivity index (χ1) is 12.6. The minimum Gasteiger partial charge on any atom is -0.356 e. The Labute approximate surface area is 155 Å². The maximum atomic E-state index is 12.4. The van der Waals surface area contributed by atoms with E-state index in [-0.39, 0.29) is 11.8 Å². The van der Waals surface area contributed by atoms with Gasteiger partial charge in [0.15, 0.2) is 0 Å². The third-order valence-electron chi connectivity index (χ3n) is 4.39. The van der Waals surface area contributed by atoms with Crippen LogP contribution >= 0.6 is 0 Å². The molecule has 0 fully saturated rings. The van der Waals surface area contributed by atoms with E-state index in [4.69, 9.17) is 0 Å². The SMILES string of the molecule is CCCCCNC(=O)CCCCCNC(=O)c1c(C)nc2ccccn12. The number of carbonyl (C=O) groups is 2. The highest BCUT2D eigenvalue weighted by atomic mass is 16.2. The second-order valence-corrected chi connectivity index (χ2v) is 6.60. The number of imidazole rings is 1. The molecular weight excluding hydrogens is 328 g/mol. The second kappa shape index (κ2) is 10.6. The third-order valence-corrected chi connectivity index (χ3v) is 4.39. The number of fused-ring (bicyclic) bond motifs is 1. The molecule has 0 aromatic carbocycles. The summed E-state index contributed by atoms with van der Waals surface area (Å²) < 4.78 is 1.81. The third kappa shape index (κ3) is 5.86. The van der Waals surface area contributed by atoms with E-state index in [0.29, 0.717) is 18.7 Å². The number of aryl methyl sites for hydroxylation is 1. The topological polar surface area (TPSA) is 75.5 Å². The number of hydrogen-bond acceptors (Lipinski definition) is 3. The Morgan fingerprint density at radius 2 is 1.81 bits per heavy atom. The maximum Gasteiger partial charge on any atom is 0.270 e. The van der Waals surface area contributed by atoms with E-state index < -0.39 is 0 Å². The van der Waals surface area contributed by atoms with Crippen LogP contribution in [0.15, 0.2) is 24.4 Å². The lowest BCUT2D eigenvalue weighted by Gasteiger charge is -2.07. The van der Waals surface area contributed by atoms with E-state index in [1.807, 2.05) is 35.7 Å². The van der Waals surface area contributed by atoms with Gasteiger partial charge in [-0.15, -0.1) is 0 Å². The van der Waals surface area contributed by atoms with Gasteiger partial charge in [-0.05, 0) is 38.3 Å². The van der Waals surface area contributed by atoms with Crippen LogP contribution in [0.2, 0.25) is 0 Å². The molecule has 6 nitrogen and oxygen atoms in total. The molecule has 0 saturated carbocycles. The van der Waals surface area contributed by atoms with Crippen LogP contribution in [-0.2, 0) is 4.79 Å². The molecule has 0 bridgehead atoms. The van der Waals surface area contributed by atoms with E-state index in [1.54, 1.807) is 0 Å². The van der Waals surface area contributed by atoms with E-state index in [9.17, 15) is 9.59 Å². The molecule has 142 valence electrons. The van der Waals surface area contributed by atoms with Gasteiger partial charge in [0.1, 0.15) is 11.3 Å². The van der Waals surface area contributed by atoms with Crippen LogP contribution in [-0.4, -0.2) is 34.3 Å². The monoisotopic (exact) mass is 358 g/mol. The molecular formula is C20H30N4O2. The second-order valence-electron chi connectivity index (χ2n) is 6.60. The first-order valence-corrected chi connectivity index (χ1v) is 9.62. The van der Waals surface area contributed by atoms with Crippen molar-refractivity contribution in [2.24, 2.45) is 0 Å². The van der Waals surface area contributed by atoms with Gasteiger partial charge in [-0.25, -0.2) is 4.98 Å². The largest absolute Gasteiger partial charge is 0.356 e. The van der Waals surface area contributed by atoms with Crippen LogP contribution in [0, 0.1) is 6.92 Å². The Bertz CT molecular complexity index is 724. The van der Waals surface area contributed by atoms with Gasteiger partial charge in [-0.2, -0.15) is 0 Å². The molecule has 26 heavy (non-hydrogen) atoms. The van der Waals surface area contributed by atoms with Crippen LogP contribution in [0.5, 0.6) is 0 Å². The molecule has 2 rings (SSSR count). The van der Waals surface area contributed by atoms with Crippen molar-refractivity contribution in [1.29, 1.82) is 0 Å². The van der Waals surface area contributed by atoms with Crippen molar-refractivity contribution in [3.05, 3.63) is 35.8 Å². The minimum atomic E-state index is -0.102. The summed E-state index contributed by atoms with van der Waals surface area (Å²) in [4.78, 5) is 28.5. The van der Waals surface area contributed by atoms with Gasteiger partial charge in [0.2, 0.25) is 5.91 Å². The van der Waals surface area contributed by atoms with E-state index in [0.717, 1.165) is 56.4 Å². The number of rotatable bonds is 11. The van der Waals surface area contributed by atoms with E-state index in [1.165, 1.54) is 0 Å². The summed E-state index contributed by atoms with van der Waals surface area (Å²) in [5.41, 5.74) is 2.10. The standard InChI is InChI=1S/C20H30N4O2/c1-3-4-8-13-21-18(25)12-6-5-9-14-22-20(26)19-16(2)23-17-11-7-10-15-24(17)19/h7,10-11,15H,3-6,8-9,12-14H2,1-2H3,(H,21,25)(H,22,26). The summed E-state index contributed by atoms with van der Waals surface area (Å²) in [5.74, 6) is 0.0290. The van der Waals surface area contributed by atoms with Gasteiger partial charge >= 0.3 is 0 Å². The fourth-order valence-electron chi connectivity index (χ4n) is 2.95. The molecule has 2 aromatic heterocycles. The molecule has 0 radical (unpaired) electrons. The molecule has 2 aromatic rings. The number of aromatic nitrogens is 2. The van der Waals surface area contributed by atoms with Gasteiger partial charge < -0.3 is 10.6 Å². The number of nitrogens with one attached hydrogen (secondary N) is 2. The Morgan fingerprint density at radius 1 is 1.04 bits per heavy atom. The van der Waals surface area contributed by atoms with Crippen molar-refractivity contribution in [2.75, 3.05) is 13.1 Å². The first kappa shape index (κ1) is 19.9. The number of pyridine rings is 1. The van der Waals surface area contributed by atoms with Gasteiger partial charge in [0.05, 0.1) is 5.69 Å². The van der Waals surface area contributed by atoms with E-state index in [2.05, 4.69) is 22.5 Å². The van der Waals surface area contributed by atoms with Gasteiger partial charge in [0, 0.05) is 25.7 Å². The van der Waals surface area contributed by atoms with Crippen LogP contribution in [0.25, 0.3) is 5.65 Å². The van der Waals surface area contributed by atoms with Gasteiger partial charge in [-0.3, -0.25) is 14.0 Å². The summed E-state index contributed by atoms with van der Waals surface area (Å²) in [6.07, 6.45) is 8.43. The number of amides is 2. The Kier molecular flexibility index (Phi) is 8.12. The Morgan fingerprint density at radius 3 is 2.62 bits per heavy atom. The summed E-state index contributed by atoms with van der Waals surface area (Å²) in [5, 5.41) is 5.90. The van der Waals surface area contributed by atoms with Crippen LogP contribution in [0.4, 0.5) is 0 Å². The highest BCUT2D eigenvalue weighted by molar-refractivity contribution is 5.94. The zero-order chi connectivity index (χ0) is 18.8. The van der Waals surface area contributed by atoms with Crippen molar-refractivity contribution in [1.82, 2.24) is 20.0 Å². The Balaban J connectivity index is 1.63. The molecule has 0 aliphatic heterocycles. The number of carbonyl (C=O) groups excluding carboxylic acids is 2. The lowest BCUT2D eigenvalue weighted by atomic mass is 10.2. The molecule has 0 aliphatic rings. The van der Waals surface area contributed by atoms with Crippen molar-refractivity contribution >= 4 is 17.5 Å². The van der Waals surface area contributed by atoms with Gasteiger partial charge in [-0.1, -0.05) is 32.3 Å². The van der Waals surface area contributed by atoms with Gasteiger partial charge in [0.25, 0.3) is 5.91 Å². The highest BCUT2D eigenvalue weighted by Crippen LogP contribution is 2.11. The lowest BCUT2D eigenvalue weighted by Crippen LogP contribution is -2.26. The summed E-state index contributed by atoms with van der Waals surface area (Å²) in [6, 6.07) is 5.68. The fraction of sp³-hybridized carbons (Fsp3) is 0.550.